The number of ether oxygens (including phenoxy) is 2. The van der Waals surface area contributed by atoms with E-state index >= 15 is 0 Å². The quantitative estimate of drug-likeness (QED) is 0.584. The Morgan fingerprint density at radius 2 is 1.66 bits per heavy atom. The molecule has 0 unspecified atom stereocenters. The molecule has 8 heteroatoms. The second-order valence-electron chi connectivity index (χ2n) is 7.53. The monoisotopic (exact) mass is 440 g/mol. The number of para-hydroxylation sites is 2. The van der Waals surface area contributed by atoms with E-state index in [1.165, 1.54) is 0 Å². The minimum atomic E-state index is -0.184. The maximum absolute atomic E-state index is 12.9. The average Bonchev–Trinajstić information content (AvgIpc) is 2.84. The predicted octanol–water partition coefficient (Wildman–Crippen LogP) is 2.75. The number of anilines is 3. The van der Waals surface area contributed by atoms with Gasteiger partial charge in [-0.15, -0.1) is 0 Å². The highest BCUT2D eigenvalue weighted by Crippen LogP contribution is 2.31. The summed E-state index contributed by atoms with van der Waals surface area (Å²) in [7, 11) is 3.28. The number of piperazine rings is 1. The van der Waals surface area contributed by atoms with Gasteiger partial charge in [0, 0.05) is 57.6 Å². The van der Waals surface area contributed by atoms with Crippen LogP contribution in [-0.2, 0) is 9.53 Å². The number of nitrogens with zero attached hydrogens (tertiary/aromatic N) is 2. The van der Waals surface area contributed by atoms with Crippen molar-refractivity contribution in [2.75, 3.05) is 68.7 Å². The molecule has 172 valence electrons. The van der Waals surface area contributed by atoms with E-state index in [9.17, 15) is 9.59 Å². The van der Waals surface area contributed by atoms with Gasteiger partial charge in [-0.05, 0) is 30.3 Å². The van der Waals surface area contributed by atoms with E-state index in [0.29, 0.717) is 30.8 Å². The fourth-order valence-electron chi connectivity index (χ4n) is 3.76. The first-order valence-electron chi connectivity index (χ1n) is 10.9. The highest BCUT2D eigenvalue weighted by atomic mass is 16.5. The van der Waals surface area contributed by atoms with Crippen LogP contribution in [0.4, 0.5) is 17.1 Å². The van der Waals surface area contributed by atoms with Gasteiger partial charge in [-0.2, -0.15) is 0 Å². The van der Waals surface area contributed by atoms with Gasteiger partial charge in [0.15, 0.2) is 0 Å². The van der Waals surface area contributed by atoms with Crippen LogP contribution in [0.25, 0.3) is 0 Å². The third-order valence-electron chi connectivity index (χ3n) is 5.48. The Morgan fingerprint density at radius 1 is 0.969 bits per heavy atom. The van der Waals surface area contributed by atoms with Crippen LogP contribution in [0.5, 0.6) is 5.75 Å². The smallest absolute Gasteiger partial charge is 0.253 e. The second-order valence-corrected chi connectivity index (χ2v) is 7.53. The van der Waals surface area contributed by atoms with E-state index in [2.05, 4.69) is 26.5 Å². The lowest BCUT2D eigenvalue weighted by atomic mass is 10.1. The molecule has 0 bridgehead atoms. The lowest BCUT2D eigenvalue weighted by Crippen LogP contribution is -2.47. The molecule has 0 spiro atoms. The molecule has 1 aliphatic heterocycles. The zero-order valence-corrected chi connectivity index (χ0v) is 19.0. The molecule has 0 saturated carbocycles. The molecule has 2 aromatic rings. The van der Waals surface area contributed by atoms with E-state index in [4.69, 9.17) is 9.47 Å². The SMILES string of the molecule is CCC(=O)Nc1ccc(N2CCN(c3ccccc3OC)CC2)c(C(=O)NCCOC)c1. The highest BCUT2D eigenvalue weighted by Gasteiger charge is 2.23. The number of methoxy groups -OCH3 is 2. The van der Waals surface area contributed by atoms with Gasteiger partial charge in [-0.3, -0.25) is 9.59 Å². The molecule has 0 aliphatic carbocycles. The number of hydrogen-bond donors (Lipinski definition) is 2. The molecule has 1 heterocycles. The Balaban J connectivity index is 1.78. The summed E-state index contributed by atoms with van der Waals surface area (Å²) in [5.41, 5.74) is 3.09. The molecule has 32 heavy (non-hydrogen) atoms. The Bertz CT molecular complexity index is 926. The summed E-state index contributed by atoms with van der Waals surface area (Å²) in [5.74, 6) is 0.584. The Labute approximate surface area is 189 Å². The third-order valence-corrected chi connectivity index (χ3v) is 5.48. The van der Waals surface area contributed by atoms with Gasteiger partial charge < -0.3 is 29.9 Å². The first-order valence-corrected chi connectivity index (χ1v) is 10.9. The topological polar surface area (TPSA) is 83.1 Å². The van der Waals surface area contributed by atoms with Gasteiger partial charge in [0.1, 0.15) is 5.75 Å². The van der Waals surface area contributed by atoms with Crippen molar-refractivity contribution in [3.8, 4) is 5.75 Å². The van der Waals surface area contributed by atoms with Crippen LogP contribution in [0.3, 0.4) is 0 Å². The molecule has 0 radical (unpaired) electrons. The Morgan fingerprint density at radius 3 is 2.31 bits per heavy atom. The van der Waals surface area contributed by atoms with Gasteiger partial charge in [-0.25, -0.2) is 0 Å². The summed E-state index contributed by atoms with van der Waals surface area (Å²) in [6.45, 7) is 5.78. The summed E-state index contributed by atoms with van der Waals surface area (Å²) >= 11 is 0. The number of hydrogen-bond acceptors (Lipinski definition) is 6. The summed E-state index contributed by atoms with van der Waals surface area (Å²) in [6, 6.07) is 13.5. The van der Waals surface area contributed by atoms with Gasteiger partial charge in [0.25, 0.3) is 5.91 Å². The fraction of sp³-hybridized carbons (Fsp3) is 0.417. The van der Waals surface area contributed by atoms with Crippen molar-refractivity contribution in [2.24, 2.45) is 0 Å². The summed E-state index contributed by atoms with van der Waals surface area (Å²) in [5, 5.41) is 5.73. The van der Waals surface area contributed by atoms with E-state index in [-0.39, 0.29) is 11.8 Å². The number of carbonyl (C=O) groups excluding carboxylic acids is 2. The van der Waals surface area contributed by atoms with Gasteiger partial charge in [0.2, 0.25) is 5.91 Å². The Hall–Kier alpha value is -3.26. The van der Waals surface area contributed by atoms with E-state index in [0.717, 1.165) is 43.3 Å². The lowest BCUT2D eigenvalue weighted by molar-refractivity contribution is -0.115. The standard InChI is InChI=1S/C24H32N4O4/c1-4-23(29)26-18-9-10-20(19(17-18)24(30)25-11-16-31-2)27-12-14-28(15-13-27)21-7-5-6-8-22(21)32-3/h5-10,17H,4,11-16H2,1-3H3,(H,25,30)(H,26,29). The molecule has 3 rings (SSSR count). The molecule has 0 atom stereocenters. The normalized spacial score (nSPS) is 13.6. The van der Waals surface area contributed by atoms with Gasteiger partial charge in [-0.1, -0.05) is 19.1 Å². The van der Waals surface area contributed by atoms with Crippen molar-refractivity contribution in [3.05, 3.63) is 48.0 Å². The van der Waals surface area contributed by atoms with Crippen LogP contribution in [0, 0.1) is 0 Å². The van der Waals surface area contributed by atoms with Gasteiger partial charge >= 0.3 is 0 Å². The number of carbonyl (C=O) groups is 2. The zero-order valence-electron chi connectivity index (χ0n) is 19.0. The van der Waals surface area contributed by atoms with Gasteiger partial charge in [0.05, 0.1) is 25.0 Å². The maximum atomic E-state index is 12.9. The predicted molar refractivity (Wildman–Crippen MR) is 127 cm³/mol. The summed E-state index contributed by atoms with van der Waals surface area (Å²) in [6.07, 6.45) is 0.377. The van der Waals surface area contributed by atoms with Crippen LogP contribution in [0.2, 0.25) is 0 Å². The van der Waals surface area contributed by atoms with E-state index in [1.807, 2.05) is 30.3 Å². The van der Waals surface area contributed by atoms with E-state index < -0.39 is 0 Å². The minimum Gasteiger partial charge on any atom is -0.495 e. The fourth-order valence-corrected chi connectivity index (χ4v) is 3.76. The van der Waals surface area contributed by atoms with Crippen molar-refractivity contribution in [2.45, 2.75) is 13.3 Å². The third kappa shape index (κ3) is 5.70. The first-order chi connectivity index (χ1) is 15.6. The molecule has 1 fully saturated rings. The van der Waals surface area contributed by atoms with E-state index in [1.54, 1.807) is 27.2 Å². The Kier molecular flexibility index (Phi) is 8.33. The number of amides is 2. The van der Waals surface area contributed by atoms with Crippen molar-refractivity contribution in [1.82, 2.24) is 5.32 Å². The summed E-state index contributed by atoms with van der Waals surface area (Å²) in [4.78, 5) is 29.3. The molecule has 2 aromatic carbocycles. The molecule has 0 aromatic heterocycles. The van der Waals surface area contributed by atoms with Crippen LogP contribution < -0.4 is 25.2 Å². The van der Waals surface area contributed by atoms with Crippen LogP contribution in [-0.4, -0.2) is 65.4 Å². The highest BCUT2D eigenvalue weighted by molar-refractivity contribution is 6.02. The van der Waals surface area contributed by atoms with Crippen LogP contribution >= 0.6 is 0 Å². The molecule has 2 amide bonds. The average molecular weight is 441 g/mol. The maximum Gasteiger partial charge on any atom is 0.253 e. The van der Waals surface area contributed by atoms with Crippen molar-refractivity contribution in [1.29, 1.82) is 0 Å². The molecule has 2 N–H and O–H groups in total. The number of benzene rings is 2. The van der Waals surface area contributed by atoms with Crippen molar-refractivity contribution >= 4 is 28.9 Å². The van der Waals surface area contributed by atoms with Crippen molar-refractivity contribution < 1.29 is 19.1 Å². The number of nitrogens with one attached hydrogen (secondary N) is 2. The zero-order chi connectivity index (χ0) is 22.9. The van der Waals surface area contributed by atoms with Crippen LogP contribution in [0.15, 0.2) is 42.5 Å². The summed E-state index contributed by atoms with van der Waals surface area (Å²) < 4.78 is 10.5. The molecule has 1 saturated heterocycles. The largest absolute Gasteiger partial charge is 0.495 e. The molecular weight excluding hydrogens is 408 g/mol. The van der Waals surface area contributed by atoms with Crippen LogP contribution in [0.1, 0.15) is 23.7 Å². The molecular formula is C24H32N4O4. The minimum absolute atomic E-state index is 0.0890. The molecule has 1 aliphatic rings. The first kappa shape index (κ1) is 23.4. The van der Waals surface area contributed by atoms with Crippen molar-refractivity contribution in [3.63, 3.8) is 0 Å². The molecule has 8 nitrogen and oxygen atoms in total. The second kappa shape index (κ2) is 11.4. The lowest BCUT2D eigenvalue weighted by Gasteiger charge is -2.38. The number of rotatable bonds is 9.